The molecule has 0 aliphatic carbocycles. The molecule has 0 atom stereocenters. The molecule has 0 amide bonds. The predicted molar refractivity (Wildman–Crippen MR) is 213 cm³/mol. The molecule has 50 heavy (non-hydrogen) atoms. The summed E-state index contributed by atoms with van der Waals surface area (Å²) in [5.74, 6) is 0. The molecule has 0 aliphatic heterocycles. The molecule has 0 aliphatic rings. The van der Waals surface area contributed by atoms with Crippen LogP contribution in [-0.2, 0) is 0 Å². The van der Waals surface area contributed by atoms with Gasteiger partial charge in [-0.25, -0.2) is 0 Å². The fraction of sp³-hybridized carbons (Fsp3) is 0. The molecule has 11 aromatic rings. The molecule has 3 nitrogen and oxygen atoms in total. The van der Waals surface area contributed by atoms with E-state index in [9.17, 15) is 0 Å². The molecular formula is C46H28N2OS. The number of aromatic nitrogens is 1. The first kappa shape index (κ1) is 27.6. The van der Waals surface area contributed by atoms with Crippen molar-refractivity contribution in [1.82, 2.24) is 4.57 Å². The number of nitrogens with zero attached hydrogens (tertiary/aromatic N) is 2. The lowest BCUT2D eigenvalue weighted by atomic mass is 10.0. The van der Waals surface area contributed by atoms with Crippen LogP contribution in [0.4, 0.5) is 17.1 Å². The van der Waals surface area contributed by atoms with Crippen LogP contribution in [0.5, 0.6) is 0 Å². The minimum atomic E-state index is 0.872. The summed E-state index contributed by atoms with van der Waals surface area (Å²) in [5.41, 5.74) is 8.43. The van der Waals surface area contributed by atoms with Gasteiger partial charge in [-0.1, -0.05) is 121 Å². The van der Waals surface area contributed by atoms with Crippen LogP contribution in [0.15, 0.2) is 174 Å². The number of rotatable bonds is 4. The van der Waals surface area contributed by atoms with E-state index in [1.54, 1.807) is 0 Å². The van der Waals surface area contributed by atoms with Gasteiger partial charge in [0.25, 0.3) is 0 Å². The summed E-state index contributed by atoms with van der Waals surface area (Å²) in [6, 6.07) is 61.1. The largest absolute Gasteiger partial charge is 0.454 e. The van der Waals surface area contributed by atoms with Crippen LogP contribution in [0.3, 0.4) is 0 Å². The Bertz CT molecular complexity index is 3110. The lowest BCUT2D eigenvalue weighted by Gasteiger charge is -2.27. The minimum Gasteiger partial charge on any atom is -0.454 e. The number of fused-ring (bicyclic) bond motifs is 11. The second kappa shape index (κ2) is 10.6. The highest BCUT2D eigenvalue weighted by atomic mass is 32.1. The Labute approximate surface area is 291 Å². The van der Waals surface area contributed by atoms with Crippen molar-refractivity contribution in [3.05, 3.63) is 170 Å². The van der Waals surface area contributed by atoms with E-state index in [0.717, 1.165) is 50.2 Å². The zero-order valence-corrected chi connectivity index (χ0v) is 27.7. The molecule has 0 saturated carbocycles. The topological polar surface area (TPSA) is 21.3 Å². The lowest BCUT2D eigenvalue weighted by Crippen LogP contribution is -2.12. The fourth-order valence-corrected chi connectivity index (χ4v) is 9.26. The highest BCUT2D eigenvalue weighted by molar-refractivity contribution is 7.26. The Hall–Kier alpha value is -6.36. The van der Waals surface area contributed by atoms with Gasteiger partial charge in [0.1, 0.15) is 5.58 Å². The summed E-state index contributed by atoms with van der Waals surface area (Å²) in [7, 11) is 0. The normalized spacial score (nSPS) is 12.0. The molecule has 0 N–H and O–H groups in total. The van der Waals surface area contributed by atoms with Gasteiger partial charge in [0.05, 0.1) is 32.8 Å². The molecule has 0 unspecified atom stereocenters. The Balaban J connectivity index is 1.31. The van der Waals surface area contributed by atoms with E-state index in [2.05, 4.69) is 179 Å². The van der Waals surface area contributed by atoms with Crippen molar-refractivity contribution >= 4 is 103 Å². The van der Waals surface area contributed by atoms with E-state index in [1.807, 2.05) is 11.3 Å². The zero-order valence-electron chi connectivity index (χ0n) is 26.9. The van der Waals surface area contributed by atoms with Crippen molar-refractivity contribution in [2.75, 3.05) is 4.90 Å². The number of hydrogen-bond donors (Lipinski definition) is 0. The van der Waals surface area contributed by atoms with Crippen LogP contribution in [0.25, 0.3) is 80.4 Å². The van der Waals surface area contributed by atoms with Crippen molar-refractivity contribution in [2.45, 2.75) is 0 Å². The molecule has 234 valence electrons. The summed E-state index contributed by atoms with van der Waals surface area (Å²) in [6.45, 7) is 0. The molecule has 0 radical (unpaired) electrons. The van der Waals surface area contributed by atoms with E-state index in [4.69, 9.17) is 4.42 Å². The van der Waals surface area contributed by atoms with Gasteiger partial charge >= 0.3 is 0 Å². The number of hydrogen-bond acceptors (Lipinski definition) is 3. The van der Waals surface area contributed by atoms with Crippen molar-refractivity contribution in [3.63, 3.8) is 0 Å². The average Bonchev–Trinajstić information content (AvgIpc) is 3.86. The van der Waals surface area contributed by atoms with Crippen molar-refractivity contribution in [1.29, 1.82) is 0 Å². The van der Waals surface area contributed by atoms with E-state index in [0.29, 0.717) is 0 Å². The summed E-state index contributed by atoms with van der Waals surface area (Å²) < 4.78 is 11.9. The molecule has 3 heterocycles. The van der Waals surface area contributed by atoms with Gasteiger partial charge in [0.15, 0.2) is 5.58 Å². The van der Waals surface area contributed by atoms with Crippen LogP contribution in [0.1, 0.15) is 0 Å². The maximum Gasteiger partial charge on any atom is 0.159 e. The number of benzene rings is 8. The third-order valence-electron chi connectivity index (χ3n) is 10.2. The molecule has 0 saturated heterocycles. The number of furan rings is 1. The molecule has 0 fully saturated rings. The molecule has 0 bridgehead atoms. The standard InChI is InChI=1S/C46H28N2OS/c1-2-14-30(15-3-1)47-37-22-8-6-17-32(37)34-19-10-23-38(44(34)47)48(40-25-11-20-35-33-18-7-9-26-42(33)50-46(35)40)39-24-12-21-36-43-31-16-5-4-13-29(31)27-28-41(43)49-45(36)39/h1-28H. The van der Waals surface area contributed by atoms with Crippen LogP contribution in [0.2, 0.25) is 0 Å². The highest BCUT2D eigenvalue weighted by Crippen LogP contribution is 2.50. The molecule has 8 aromatic carbocycles. The Morgan fingerprint density at radius 3 is 2.00 bits per heavy atom. The summed E-state index contributed by atoms with van der Waals surface area (Å²) in [5, 5.41) is 9.63. The first-order valence-electron chi connectivity index (χ1n) is 16.9. The summed E-state index contributed by atoms with van der Waals surface area (Å²) in [6.07, 6.45) is 0. The summed E-state index contributed by atoms with van der Waals surface area (Å²) >= 11 is 1.85. The van der Waals surface area contributed by atoms with E-state index in [-0.39, 0.29) is 0 Å². The van der Waals surface area contributed by atoms with E-state index < -0.39 is 0 Å². The van der Waals surface area contributed by atoms with Gasteiger partial charge in [-0.15, -0.1) is 11.3 Å². The van der Waals surface area contributed by atoms with Crippen LogP contribution in [0, 0.1) is 0 Å². The molecule has 0 spiro atoms. The quantitative estimate of drug-likeness (QED) is 0.188. The molecule has 4 heteroatoms. The first-order valence-corrected chi connectivity index (χ1v) is 17.8. The fourth-order valence-electron chi connectivity index (χ4n) is 8.05. The summed E-state index contributed by atoms with van der Waals surface area (Å²) in [4.78, 5) is 2.45. The van der Waals surface area contributed by atoms with Gasteiger partial charge in [-0.3, -0.25) is 0 Å². The van der Waals surface area contributed by atoms with Gasteiger partial charge in [-0.2, -0.15) is 0 Å². The first-order chi connectivity index (χ1) is 24.8. The lowest BCUT2D eigenvalue weighted by molar-refractivity contribution is 0.669. The molecule has 3 aromatic heterocycles. The monoisotopic (exact) mass is 656 g/mol. The highest BCUT2D eigenvalue weighted by Gasteiger charge is 2.26. The van der Waals surface area contributed by atoms with Gasteiger partial charge in [-0.05, 0) is 59.3 Å². The van der Waals surface area contributed by atoms with Crippen LogP contribution in [-0.4, -0.2) is 4.57 Å². The van der Waals surface area contributed by atoms with Crippen LogP contribution >= 0.6 is 11.3 Å². The van der Waals surface area contributed by atoms with Gasteiger partial charge in [0.2, 0.25) is 0 Å². The van der Waals surface area contributed by atoms with Crippen molar-refractivity contribution in [3.8, 4) is 5.69 Å². The molecular weight excluding hydrogens is 629 g/mol. The number of para-hydroxylation sites is 4. The second-order valence-electron chi connectivity index (χ2n) is 12.9. The van der Waals surface area contributed by atoms with Crippen LogP contribution < -0.4 is 4.90 Å². The zero-order chi connectivity index (χ0) is 32.8. The van der Waals surface area contributed by atoms with E-state index >= 15 is 0 Å². The second-order valence-corrected chi connectivity index (χ2v) is 13.9. The number of thiophene rings is 1. The SMILES string of the molecule is c1ccc(-n2c3ccccc3c3cccc(N(c4cccc5c4oc4ccc6ccccc6c45)c4cccc5c4sc4ccccc45)c32)cc1. The Morgan fingerprint density at radius 1 is 0.460 bits per heavy atom. The number of anilines is 3. The average molecular weight is 657 g/mol. The third-order valence-corrected chi connectivity index (χ3v) is 11.4. The minimum absolute atomic E-state index is 0.872. The predicted octanol–water partition coefficient (Wildman–Crippen LogP) is 13.7. The Kier molecular flexibility index (Phi) is 5.83. The van der Waals surface area contributed by atoms with Gasteiger partial charge in [0, 0.05) is 42.7 Å². The maximum atomic E-state index is 6.93. The Morgan fingerprint density at radius 2 is 1.12 bits per heavy atom. The van der Waals surface area contributed by atoms with Gasteiger partial charge < -0.3 is 13.9 Å². The van der Waals surface area contributed by atoms with Crippen molar-refractivity contribution < 1.29 is 4.42 Å². The maximum absolute atomic E-state index is 6.93. The smallest absolute Gasteiger partial charge is 0.159 e. The van der Waals surface area contributed by atoms with Crippen molar-refractivity contribution in [2.24, 2.45) is 0 Å². The van der Waals surface area contributed by atoms with E-state index in [1.165, 1.54) is 47.2 Å². The molecule has 11 rings (SSSR count). The third kappa shape index (κ3) is 3.85.